The van der Waals surface area contributed by atoms with E-state index in [1.807, 2.05) is 18.5 Å². The molecule has 10 aliphatic rings. The molecular formula is C92H126BBrClN11O29. The van der Waals surface area contributed by atoms with Crippen LogP contribution in [0.4, 0.5) is 37.1 Å². The van der Waals surface area contributed by atoms with Crippen molar-refractivity contribution in [2.24, 2.45) is 5.73 Å². The summed E-state index contributed by atoms with van der Waals surface area (Å²) in [7, 11) is 1.41. The van der Waals surface area contributed by atoms with Crippen LogP contribution in [0.5, 0.6) is 0 Å². The average molecular weight is 1980 g/mol. The third-order valence-electron chi connectivity index (χ3n) is 23.0. The summed E-state index contributed by atoms with van der Waals surface area (Å²) in [4.78, 5) is 152. The second kappa shape index (κ2) is 48.2. The number of carboxylic acid groups (broad SMARTS) is 1. The van der Waals surface area contributed by atoms with E-state index in [1.165, 1.54) is 95.1 Å². The van der Waals surface area contributed by atoms with Crippen LogP contribution >= 0.6 is 28.3 Å². The van der Waals surface area contributed by atoms with E-state index < -0.39 is 71.3 Å². The molecule has 3 amide bonds. The Balaban J connectivity index is 0.000000191. The largest absolute Gasteiger partial charge is 0.477 e. The highest BCUT2D eigenvalue weighted by Gasteiger charge is 2.39. The maximum Gasteiger partial charge on any atom is 0.454 e. The molecule has 0 bridgehead atoms. The van der Waals surface area contributed by atoms with Gasteiger partial charge in [-0.1, -0.05) is 12.8 Å². The number of aromatic carboxylic acids is 1. The number of rotatable bonds is 15. The lowest BCUT2D eigenvalue weighted by atomic mass is 9.84. The quantitative estimate of drug-likeness (QED) is 0.0259. The number of carbonyl (C=O) groups is 6. The number of carbonyl (C=O) groups excluding carboxylic acids is 5. The molecule has 0 atom stereocenters. The number of hydrogen-bond donors (Lipinski definition) is 15. The molecule has 0 aliphatic heterocycles. The minimum atomic E-state index is -1.21. The molecule has 7 heterocycles. The highest BCUT2D eigenvalue weighted by molar-refractivity contribution is 9.10. The Kier molecular flexibility index (Phi) is 39.1. The van der Waals surface area contributed by atoms with Crippen LogP contribution < -0.4 is 66.4 Å². The molecule has 7 aromatic rings. The Bertz CT molecular complexity index is 5660. The fourth-order valence-electron chi connectivity index (χ4n) is 14.6. The van der Waals surface area contributed by atoms with Gasteiger partial charge in [-0.3, -0.25) is 44.7 Å². The van der Waals surface area contributed by atoms with E-state index in [0.29, 0.717) is 105 Å². The van der Waals surface area contributed by atoms with Crippen molar-refractivity contribution in [3.8, 4) is 0 Å². The van der Waals surface area contributed by atoms with E-state index in [1.54, 1.807) is 119 Å². The smallest absolute Gasteiger partial charge is 0.454 e. The Labute approximate surface area is 792 Å². The van der Waals surface area contributed by atoms with E-state index in [-0.39, 0.29) is 159 Å². The van der Waals surface area contributed by atoms with Gasteiger partial charge in [-0.25, -0.2) is 33.6 Å². The normalized spacial score (nSPS) is 23.3. The Morgan fingerprint density at radius 3 is 1.07 bits per heavy atom. The molecule has 740 valence electrons. The van der Waals surface area contributed by atoms with Gasteiger partial charge in [0.25, 0.3) is 33.4 Å². The molecule has 10 fully saturated rings. The number of amides is 3. The van der Waals surface area contributed by atoms with Crippen molar-refractivity contribution >= 4 is 94.4 Å². The Morgan fingerprint density at radius 2 is 0.741 bits per heavy atom. The number of aliphatic hydroxyl groups excluding tert-OH is 7. The highest BCUT2D eigenvalue weighted by atomic mass is 79.9. The molecule has 0 unspecified atom stereocenters. The third-order valence-corrected chi connectivity index (χ3v) is 23.4. The molecule has 17 N–H and O–H groups in total. The van der Waals surface area contributed by atoms with Crippen molar-refractivity contribution in [1.29, 1.82) is 0 Å². The van der Waals surface area contributed by atoms with Crippen LogP contribution in [-0.2, 0) is 23.7 Å². The lowest BCUT2D eigenvalue weighted by molar-refractivity contribution is 0.0460. The number of halogens is 2. The molecule has 43 heteroatoms. The Morgan fingerprint density at radius 1 is 0.422 bits per heavy atom. The van der Waals surface area contributed by atoms with Gasteiger partial charge in [0.2, 0.25) is 0 Å². The summed E-state index contributed by atoms with van der Waals surface area (Å²) >= 11 is 3.32. The van der Waals surface area contributed by atoms with Crippen LogP contribution in [0.15, 0.2) is 153 Å². The summed E-state index contributed by atoms with van der Waals surface area (Å²) in [5, 5.41) is 97.1. The molecule has 10 saturated carbocycles. The first kappa shape index (κ1) is 109. The number of pyridine rings is 6. The van der Waals surface area contributed by atoms with Crippen LogP contribution in [0.2, 0.25) is 5.82 Å². The van der Waals surface area contributed by atoms with E-state index in [0.717, 1.165) is 44.1 Å². The topological polar surface area (TPSA) is 601 Å². The van der Waals surface area contributed by atoms with Crippen LogP contribution in [0, 0.1) is 0 Å². The van der Waals surface area contributed by atoms with Gasteiger partial charge in [0.05, 0.1) is 68.9 Å². The van der Waals surface area contributed by atoms with Crippen LogP contribution in [0.3, 0.4) is 0 Å². The molecule has 0 spiro atoms. The number of aromatic nitrogens is 6. The van der Waals surface area contributed by atoms with Gasteiger partial charge in [-0.05, 0) is 289 Å². The first-order valence-electron chi connectivity index (χ1n) is 44.6. The first-order valence-corrected chi connectivity index (χ1v) is 45.3. The maximum absolute atomic E-state index is 12.6. The monoisotopic (exact) mass is 1970 g/mol. The summed E-state index contributed by atoms with van der Waals surface area (Å²) in [6, 6.07) is 17.4. The Hall–Kier alpha value is -10.9. The van der Waals surface area contributed by atoms with E-state index >= 15 is 0 Å². The van der Waals surface area contributed by atoms with Crippen molar-refractivity contribution < 1.29 is 108 Å². The average Bonchev–Trinajstić information content (AvgIpc) is 1.71. The number of nitrogens with zero attached hydrogens (tertiary/aromatic N) is 6. The standard InChI is InChI=1S/C17H24N2O4.C14H19BrN2O4.C14H20N2O4.C12H16N2O2.C11H13NO4.C10H11NO4.C7H6O4.C4H9NO.C3H7BO2.ClH/c1-17(2,3)23-16(22)18-14-6-11(10-4-5-10)9-19(15(14)21)12-7-13(20)8-12;1-14(2,3)21-13(20)16-11-4-8(15)7-17(12(11)19)9-5-10(18)6-9;1-14(2,3)20-13(19)15-11-5-4-6-16(12(11)18)9-7-10(17)8-9;13-11-3-8(7-1-2-7)6-14(12(11)16)9-4-10(15)5-9;1-16-11(15)9-3-2-4-12(10(9)14)7-5-8(13)6-7;12-7-4-6(5-7)11-3-1-2-8(9(11)13)10(14)15;1-10-6(8)5-3-2-4-11-7(5)9;5-3-1-4(6)2-3;5-4(6)3-1-2-3;/h6,9-10,12-13,20H,4-5,7-8H2,1-3H3,(H,18,22);4,7,9-10,18H,5-6H2,1-3H3,(H,16,20);4-6,9-10,17H,7-8H2,1-3H3,(H,15,19);3,6-7,9-10,15H,1-2,4-5,13H2;2-4,7-8,13H,5-6H2,1H3;1-3,6-7,12H,4-5H2,(H,14,15);2-4H,1H3;3-4,6H,1-2,5H2;3,5-6H,1-2H2;1H. The molecule has 17 rings (SSSR count). The van der Waals surface area contributed by atoms with Crippen molar-refractivity contribution in [1.82, 2.24) is 27.4 Å². The summed E-state index contributed by atoms with van der Waals surface area (Å²) in [6.07, 6.45) is 22.7. The highest BCUT2D eigenvalue weighted by Crippen LogP contribution is 2.44. The lowest BCUT2D eigenvalue weighted by Gasteiger charge is -2.33. The summed E-state index contributed by atoms with van der Waals surface area (Å²) in [6.45, 7) is 15.9. The predicted octanol–water partition coefficient (Wildman–Crippen LogP) is 8.83. The number of methoxy groups -OCH3 is 2. The summed E-state index contributed by atoms with van der Waals surface area (Å²) in [5.74, 6) is -1.25. The van der Waals surface area contributed by atoms with E-state index in [2.05, 4.69) is 45.8 Å². The van der Waals surface area contributed by atoms with Crippen molar-refractivity contribution in [2.75, 3.05) is 35.9 Å². The van der Waals surface area contributed by atoms with Gasteiger partial charge < -0.3 is 118 Å². The first-order chi connectivity index (χ1) is 62.9. The second-order valence-electron chi connectivity index (χ2n) is 37.9. The molecular weight excluding hydrogens is 1850 g/mol. The zero-order chi connectivity index (χ0) is 98.9. The molecule has 0 aromatic carbocycles. The number of esters is 2. The number of hydrogen-bond acceptors (Lipinski definition) is 30. The number of aliphatic hydroxyl groups is 7. The third kappa shape index (κ3) is 32.9. The zero-order valence-electron chi connectivity index (χ0n) is 77.3. The van der Waals surface area contributed by atoms with Crippen molar-refractivity contribution in [3.63, 3.8) is 0 Å². The van der Waals surface area contributed by atoms with Gasteiger partial charge in [0.15, 0.2) is 0 Å². The second-order valence-corrected chi connectivity index (χ2v) is 38.8. The van der Waals surface area contributed by atoms with Gasteiger partial charge in [0.1, 0.15) is 50.6 Å². The minimum Gasteiger partial charge on any atom is -0.477 e. The fourth-order valence-corrected chi connectivity index (χ4v) is 15.1. The van der Waals surface area contributed by atoms with Crippen LogP contribution in [0.25, 0.3) is 0 Å². The molecule has 0 saturated heterocycles. The predicted molar refractivity (Wildman–Crippen MR) is 504 cm³/mol. The summed E-state index contributed by atoms with van der Waals surface area (Å²) < 4.78 is 38.8. The molecule has 10 aliphatic carbocycles. The molecule has 0 radical (unpaired) electrons. The number of carboxylic acids is 1. The number of nitrogens with two attached hydrogens (primary N) is 2. The molecule has 40 nitrogen and oxygen atoms in total. The number of anilines is 4. The number of nitrogen functional groups attached to an aromatic ring is 1. The van der Waals surface area contributed by atoms with E-state index in [9.17, 15) is 87.9 Å². The van der Waals surface area contributed by atoms with E-state index in [4.69, 9.17) is 51.0 Å². The van der Waals surface area contributed by atoms with Crippen LogP contribution in [-0.4, -0.2) is 201 Å². The molecule has 135 heavy (non-hydrogen) atoms. The van der Waals surface area contributed by atoms with Gasteiger partial charge in [-0.15, -0.1) is 12.4 Å². The van der Waals surface area contributed by atoms with Crippen LogP contribution in [0.1, 0.15) is 281 Å². The minimum absolute atomic E-state index is 0. The van der Waals surface area contributed by atoms with Crippen molar-refractivity contribution in [3.05, 3.63) is 215 Å². The summed E-state index contributed by atoms with van der Waals surface area (Å²) in [5.41, 5.74) is 9.62. The van der Waals surface area contributed by atoms with Gasteiger partial charge in [-0.2, -0.15) is 0 Å². The zero-order valence-corrected chi connectivity index (χ0v) is 79.7. The lowest BCUT2D eigenvalue weighted by Crippen LogP contribution is -2.39. The fraction of sp³-hybridized carbons (Fsp3) is 0.554. The molecule has 7 aromatic heterocycles. The number of ether oxygens (including phenoxy) is 5. The SMILES string of the molecule is CC(C)(C)OC(=O)Nc1cc(Br)cn(C2CC(O)C2)c1=O.CC(C)(C)OC(=O)Nc1cc(C2CC2)cn(C2CC(O)C2)c1=O.CC(C)(C)OC(=O)Nc1cccn(C2CC(O)C2)c1=O.COC(=O)c1cccn(C2CC(O)C2)c1=O.COC(=O)c1cccoc1=O.Cl.NC1CC(O)C1.Nc1cc(C2CC2)cn(C2CC(O)C2)c1=O.O=C(O)c1cccn(C2CC(O)C2)c1=O.OB(O)C1CC1. The maximum atomic E-state index is 12.6. The number of nitrogens with one attached hydrogen (secondary N) is 3. The van der Waals surface area contributed by atoms with Gasteiger partial charge in [0, 0.05) is 83.9 Å². The van der Waals surface area contributed by atoms with Gasteiger partial charge >= 0.3 is 48.9 Å². The van der Waals surface area contributed by atoms with Crippen molar-refractivity contribution in [2.45, 2.75) is 310 Å².